The van der Waals surface area contributed by atoms with Crippen molar-refractivity contribution in [1.29, 1.82) is 0 Å². The average Bonchev–Trinajstić information content (AvgIpc) is 1.60. The van der Waals surface area contributed by atoms with Crippen LogP contribution >= 0.6 is 23.5 Å². The van der Waals surface area contributed by atoms with Crippen molar-refractivity contribution in [2.24, 2.45) is 0 Å². The third kappa shape index (κ3) is 7.46. The molecular formula is C80H52N8S2. The fourth-order valence-electron chi connectivity index (χ4n) is 15.2. The Morgan fingerprint density at radius 3 is 2.17 bits per heavy atom. The zero-order valence-electron chi connectivity index (χ0n) is 48.6. The second-order valence-corrected chi connectivity index (χ2v) is 26.6. The summed E-state index contributed by atoms with van der Waals surface area (Å²) in [7, 11) is 0. The third-order valence-corrected chi connectivity index (χ3v) is 21.9. The first-order chi connectivity index (χ1) is 44.6. The van der Waals surface area contributed by atoms with Crippen LogP contribution in [0.25, 0.3) is 145 Å². The van der Waals surface area contributed by atoms with Crippen LogP contribution in [-0.4, -0.2) is 38.2 Å². The van der Waals surface area contributed by atoms with Crippen LogP contribution in [0.4, 0.5) is 0 Å². The minimum Gasteiger partial charge on any atom is -0.317 e. The summed E-state index contributed by atoms with van der Waals surface area (Å²) in [5, 5.41) is 8.82. The van der Waals surface area contributed by atoms with Crippen molar-refractivity contribution in [2.75, 3.05) is 0 Å². The van der Waals surface area contributed by atoms with Gasteiger partial charge in [0.1, 0.15) is 5.82 Å². The highest BCUT2D eigenvalue weighted by Gasteiger charge is 2.34. The molecular weight excluding hydrogens is 1140 g/mol. The van der Waals surface area contributed by atoms with Gasteiger partial charge < -0.3 is 18.3 Å². The molecule has 2 unspecified atom stereocenters. The van der Waals surface area contributed by atoms with Crippen LogP contribution in [0.15, 0.2) is 264 Å². The molecule has 0 N–H and O–H groups in total. The van der Waals surface area contributed by atoms with Gasteiger partial charge in [-0.1, -0.05) is 145 Å². The normalized spacial score (nSPS) is 16.5. The van der Waals surface area contributed by atoms with Crippen LogP contribution in [0.5, 0.6) is 0 Å². The molecule has 10 heteroatoms. The molecule has 3 aliphatic carbocycles. The van der Waals surface area contributed by atoms with Gasteiger partial charge in [-0.3, -0.25) is 0 Å². The van der Waals surface area contributed by atoms with Crippen LogP contribution in [-0.2, 0) is 0 Å². The quantitative estimate of drug-likeness (QED) is 0.158. The SMILES string of the molecule is C1=CC2=C(CC1)SC1CC=Cc3nc(C4C=CC(n5ccc6c7c8ccc(-c9cccc%10c9Sc9cccc%11nc(-c%12ccc(-n%13c%14ccccc%14c%14ccc%15ccn(-c%16ccccc%16)c%15c%14%13)cc%12)nc-%10c9%11)cc8n(-c8ccccc8)c7ccc65)=CC4)nc2c31. The summed E-state index contributed by atoms with van der Waals surface area (Å²) >= 11 is 3.85. The van der Waals surface area contributed by atoms with Gasteiger partial charge in [0.15, 0.2) is 5.82 Å². The molecule has 20 rings (SSSR count). The average molecular weight is 1190 g/mol. The van der Waals surface area contributed by atoms with E-state index >= 15 is 0 Å². The molecule has 0 amide bonds. The predicted molar refractivity (Wildman–Crippen MR) is 373 cm³/mol. The first kappa shape index (κ1) is 50.5. The van der Waals surface area contributed by atoms with E-state index in [0.717, 1.165) is 115 Å². The fourth-order valence-corrected chi connectivity index (χ4v) is 17.9. The van der Waals surface area contributed by atoms with Gasteiger partial charge in [0.05, 0.1) is 55.7 Å². The summed E-state index contributed by atoms with van der Waals surface area (Å²) in [6.45, 7) is 0. The van der Waals surface area contributed by atoms with E-state index < -0.39 is 0 Å². The molecule has 2 atom stereocenters. The van der Waals surface area contributed by atoms with Crippen LogP contribution in [0, 0.1) is 0 Å². The molecule has 2 aliphatic heterocycles. The van der Waals surface area contributed by atoms with Crippen molar-refractivity contribution < 1.29 is 0 Å². The summed E-state index contributed by atoms with van der Waals surface area (Å²) in [5.74, 6) is 1.71. The van der Waals surface area contributed by atoms with Gasteiger partial charge in [0, 0.05) is 116 Å². The Bertz CT molecular complexity index is 5790. The van der Waals surface area contributed by atoms with Gasteiger partial charge in [0.2, 0.25) is 0 Å². The molecule has 5 aliphatic rings. The largest absolute Gasteiger partial charge is 0.317 e. The number of hydrogen-bond acceptors (Lipinski definition) is 6. The van der Waals surface area contributed by atoms with E-state index in [9.17, 15) is 0 Å². The molecule has 0 radical (unpaired) electrons. The van der Waals surface area contributed by atoms with E-state index in [0.29, 0.717) is 11.1 Å². The van der Waals surface area contributed by atoms with Gasteiger partial charge >= 0.3 is 0 Å². The number of allylic oxidation sites excluding steroid dienone is 9. The maximum atomic E-state index is 5.54. The number of thioether (sulfide) groups is 1. The molecule has 90 heavy (non-hydrogen) atoms. The van der Waals surface area contributed by atoms with E-state index in [1.165, 1.54) is 80.9 Å². The molecule has 6 aromatic heterocycles. The molecule has 424 valence electrons. The van der Waals surface area contributed by atoms with E-state index in [-0.39, 0.29) is 5.92 Å². The Morgan fingerprint density at radius 1 is 0.489 bits per heavy atom. The number of aromatic nitrogens is 8. The van der Waals surface area contributed by atoms with E-state index in [1.54, 1.807) is 0 Å². The Kier molecular flexibility index (Phi) is 10.9. The van der Waals surface area contributed by atoms with Crippen LogP contribution in [0.3, 0.4) is 0 Å². The van der Waals surface area contributed by atoms with Crippen molar-refractivity contribution in [3.8, 4) is 50.8 Å². The second-order valence-electron chi connectivity index (χ2n) is 24.2. The van der Waals surface area contributed by atoms with E-state index in [4.69, 9.17) is 19.9 Å². The summed E-state index contributed by atoms with van der Waals surface area (Å²) in [6, 6.07) is 73.0. The lowest BCUT2D eigenvalue weighted by Crippen LogP contribution is -2.18. The number of rotatable bonds is 7. The molecule has 0 saturated heterocycles. The highest BCUT2D eigenvalue weighted by Crippen LogP contribution is 2.55. The lowest BCUT2D eigenvalue weighted by atomic mass is 9.91. The molecule has 8 heterocycles. The molecule has 0 bridgehead atoms. The van der Waals surface area contributed by atoms with Crippen molar-refractivity contribution >= 4 is 117 Å². The lowest BCUT2D eigenvalue weighted by Gasteiger charge is -2.32. The first-order valence-electron chi connectivity index (χ1n) is 31.1. The Hall–Kier alpha value is -10.5. The summed E-state index contributed by atoms with van der Waals surface area (Å²) in [5.41, 5.74) is 22.7. The van der Waals surface area contributed by atoms with E-state index in [1.807, 2.05) is 23.5 Å². The van der Waals surface area contributed by atoms with E-state index in [2.05, 4.69) is 273 Å². The second kappa shape index (κ2) is 19.5. The monoisotopic (exact) mass is 1190 g/mol. The summed E-state index contributed by atoms with van der Waals surface area (Å²) < 4.78 is 9.55. The number of benzene rings is 9. The van der Waals surface area contributed by atoms with Gasteiger partial charge in [-0.2, -0.15) is 0 Å². The number of fused-ring (bicyclic) bond motifs is 13. The minimum atomic E-state index is 0.0978. The van der Waals surface area contributed by atoms with Crippen LogP contribution < -0.4 is 0 Å². The standard InChI is InChI=1S/C80H52N8S2/c1-3-14-51(15-4-1)86-44-42-47-32-38-57-56-18-7-9-24-65(56)88(77(57)76(47)86)54-36-30-49(31-37-54)80-82-63-23-13-27-70-73(63)75(84-80)61-21-11-20-55(78(61)90-70)50-33-39-58-67(46-50)87(53-16-5-2-6-17-53)66-41-40-64-59(71(58)66)43-45-85(64)52-34-28-48(29-35-52)79-81-62-22-12-26-69-72(62)74(83-79)60-19-8-10-25-68(60)89-69/h1-9,11-24,27-28,30-46,48,69H,10,25-26,29H2. The molecule has 0 fully saturated rings. The topological polar surface area (TPSA) is 71.3 Å². The minimum absolute atomic E-state index is 0.0978. The predicted octanol–water partition coefficient (Wildman–Crippen LogP) is 20.8. The van der Waals surface area contributed by atoms with Crippen LogP contribution in [0.2, 0.25) is 0 Å². The van der Waals surface area contributed by atoms with Gasteiger partial charge in [-0.15, -0.1) is 11.8 Å². The molecule has 0 saturated carbocycles. The maximum absolute atomic E-state index is 5.54. The Balaban J connectivity index is 0.665. The zero-order chi connectivity index (χ0) is 58.7. The van der Waals surface area contributed by atoms with Gasteiger partial charge in [-0.25, -0.2) is 19.9 Å². The highest BCUT2D eigenvalue weighted by atomic mass is 32.2. The Labute approximate surface area is 526 Å². The molecule has 9 aromatic carbocycles. The number of nitrogens with zero attached hydrogens (tertiary/aromatic N) is 8. The zero-order valence-corrected chi connectivity index (χ0v) is 50.3. The smallest absolute Gasteiger partial charge is 0.160 e. The number of para-hydroxylation sites is 3. The molecule has 0 spiro atoms. The van der Waals surface area contributed by atoms with Crippen molar-refractivity contribution in [2.45, 2.75) is 46.6 Å². The fraction of sp³-hybridized carbons (Fsp3) is 0.0750. The summed E-state index contributed by atoms with van der Waals surface area (Å²) in [6.07, 6.45) is 24.6. The van der Waals surface area contributed by atoms with Gasteiger partial charge in [0.25, 0.3) is 0 Å². The van der Waals surface area contributed by atoms with Crippen LogP contribution in [0.1, 0.15) is 59.6 Å². The molecule has 8 nitrogen and oxygen atoms in total. The maximum Gasteiger partial charge on any atom is 0.160 e. The van der Waals surface area contributed by atoms with Crippen molar-refractivity contribution in [3.63, 3.8) is 0 Å². The Morgan fingerprint density at radius 2 is 1.28 bits per heavy atom. The summed E-state index contributed by atoms with van der Waals surface area (Å²) in [4.78, 5) is 25.3. The highest BCUT2D eigenvalue weighted by molar-refractivity contribution is 8.03. The van der Waals surface area contributed by atoms with Gasteiger partial charge in [-0.05, 0) is 151 Å². The molecule has 15 aromatic rings. The van der Waals surface area contributed by atoms with Crippen molar-refractivity contribution in [3.05, 3.63) is 277 Å². The lowest BCUT2D eigenvalue weighted by molar-refractivity contribution is 0.750. The van der Waals surface area contributed by atoms with Crippen molar-refractivity contribution in [1.82, 2.24) is 38.2 Å². The first-order valence-corrected chi connectivity index (χ1v) is 32.8. The third-order valence-electron chi connectivity index (χ3n) is 19.3. The number of hydrogen-bond donors (Lipinski definition) is 0.